The molecule has 0 radical (unpaired) electrons. The lowest BCUT2D eigenvalue weighted by Crippen LogP contribution is -2.22. The second-order valence-electron chi connectivity index (χ2n) is 5.98. The third-order valence-electron chi connectivity index (χ3n) is 3.78. The highest BCUT2D eigenvalue weighted by atomic mass is 16.2. The fourth-order valence-electron chi connectivity index (χ4n) is 2.44. The van der Waals surface area contributed by atoms with Crippen LogP contribution in [0.3, 0.4) is 0 Å². The molecule has 0 atom stereocenters. The van der Waals surface area contributed by atoms with Crippen molar-refractivity contribution in [2.45, 2.75) is 13.0 Å². The number of aromatic amines is 1. The SMILES string of the molecule is CN(C)C(=O)c1ccc(CNCCc2cnn(-c3ccccc3)n2)[nH]1. The molecule has 3 rings (SSSR count). The van der Waals surface area contributed by atoms with E-state index in [0.29, 0.717) is 12.2 Å². The lowest BCUT2D eigenvalue weighted by Gasteiger charge is -2.08. The number of rotatable bonds is 7. The van der Waals surface area contributed by atoms with Crippen LogP contribution in [0.25, 0.3) is 5.69 Å². The van der Waals surface area contributed by atoms with Gasteiger partial charge in [-0.1, -0.05) is 18.2 Å². The van der Waals surface area contributed by atoms with Crippen molar-refractivity contribution in [3.63, 3.8) is 0 Å². The van der Waals surface area contributed by atoms with Crippen LogP contribution in [0.2, 0.25) is 0 Å². The molecule has 25 heavy (non-hydrogen) atoms. The van der Waals surface area contributed by atoms with E-state index in [9.17, 15) is 4.79 Å². The average Bonchev–Trinajstić information content (AvgIpc) is 3.28. The first-order valence-electron chi connectivity index (χ1n) is 8.20. The quantitative estimate of drug-likeness (QED) is 0.642. The Bertz CT molecular complexity index is 821. The lowest BCUT2D eigenvalue weighted by atomic mass is 10.3. The highest BCUT2D eigenvalue weighted by Gasteiger charge is 2.10. The maximum atomic E-state index is 11.8. The highest BCUT2D eigenvalue weighted by Crippen LogP contribution is 2.05. The van der Waals surface area contributed by atoms with Crippen LogP contribution in [0.4, 0.5) is 0 Å². The molecule has 0 saturated heterocycles. The van der Waals surface area contributed by atoms with Crippen LogP contribution in [-0.2, 0) is 13.0 Å². The van der Waals surface area contributed by atoms with Crippen LogP contribution in [0.1, 0.15) is 21.9 Å². The molecule has 0 aliphatic rings. The zero-order valence-corrected chi connectivity index (χ0v) is 14.4. The minimum absolute atomic E-state index is 0.0243. The summed E-state index contributed by atoms with van der Waals surface area (Å²) in [5.74, 6) is -0.0243. The zero-order chi connectivity index (χ0) is 17.6. The van der Waals surface area contributed by atoms with E-state index in [-0.39, 0.29) is 5.91 Å². The maximum absolute atomic E-state index is 11.8. The number of H-pyrrole nitrogens is 1. The van der Waals surface area contributed by atoms with Crippen LogP contribution in [0.5, 0.6) is 0 Å². The molecule has 0 fully saturated rings. The summed E-state index contributed by atoms with van der Waals surface area (Å²) in [5, 5.41) is 12.1. The minimum Gasteiger partial charge on any atom is -0.353 e. The second kappa shape index (κ2) is 7.76. The molecule has 2 N–H and O–H groups in total. The molecule has 0 aliphatic heterocycles. The van der Waals surface area contributed by atoms with E-state index < -0.39 is 0 Å². The van der Waals surface area contributed by atoms with Gasteiger partial charge < -0.3 is 15.2 Å². The van der Waals surface area contributed by atoms with Gasteiger partial charge in [0, 0.05) is 39.3 Å². The molecule has 0 spiro atoms. The van der Waals surface area contributed by atoms with E-state index >= 15 is 0 Å². The first-order valence-corrected chi connectivity index (χ1v) is 8.20. The summed E-state index contributed by atoms with van der Waals surface area (Å²) in [5.41, 5.74) is 3.48. The summed E-state index contributed by atoms with van der Waals surface area (Å²) in [6.07, 6.45) is 2.58. The van der Waals surface area contributed by atoms with Crippen molar-refractivity contribution >= 4 is 5.91 Å². The highest BCUT2D eigenvalue weighted by molar-refractivity contribution is 5.92. The summed E-state index contributed by atoms with van der Waals surface area (Å²) in [6.45, 7) is 1.46. The number of carbonyl (C=O) groups excluding carboxylic acids is 1. The fourth-order valence-corrected chi connectivity index (χ4v) is 2.44. The molecule has 0 saturated carbocycles. The van der Waals surface area contributed by atoms with E-state index in [1.54, 1.807) is 30.0 Å². The smallest absolute Gasteiger partial charge is 0.269 e. The van der Waals surface area contributed by atoms with Crippen molar-refractivity contribution in [1.29, 1.82) is 0 Å². The Morgan fingerprint density at radius 1 is 1.20 bits per heavy atom. The lowest BCUT2D eigenvalue weighted by molar-refractivity contribution is 0.0822. The predicted molar refractivity (Wildman–Crippen MR) is 95.6 cm³/mol. The van der Waals surface area contributed by atoms with Gasteiger partial charge in [0.15, 0.2) is 0 Å². The Kier molecular flexibility index (Phi) is 5.25. The van der Waals surface area contributed by atoms with E-state index in [4.69, 9.17) is 0 Å². The molecule has 130 valence electrons. The number of hydrogen-bond donors (Lipinski definition) is 2. The third kappa shape index (κ3) is 4.33. The number of carbonyl (C=O) groups is 1. The first kappa shape index (κ1) is 16.9. The summed E-state index contributed by atoms with van der Waals surface area (Å²) >= 11 is 0. The second-order valence-corrected chi connectivity index (χ2v) is 5.98. The number of amides is 1. The van der Waals surface area contributed by atoms with Crippen molar-refractivity contribution in [2.24, 2.45) is 0 Å². The summed E-state index contributed by atoms with van der Waals surface area (Å²) < 4.78 is 0. The van der Waals surface area contributed by atoms with E-state index in [1.165, 1.54) is 0 Å². The van der Waals surface area contributed by atoms with Crippen molar-refractivity contribution in [1.82, 2.24) is 30.2 Å². The summed E-state index contributed by atoms with van der Waals surface area (Å²) in [7, 11) is 3.48. The van der Waals surface area contributed by atoms with Gasteiger partial charge in [0.2, 0.25) is 0 Å². The number of para-hydroxylation sites is 1. The molecule has 7 nitrogen and oxygen atoms in total. The van der Waals surface area contributed by atoms with E-state index in [2.05, 4.69) is 20.5 Å². The van der Waals surface area contributed by atoms with Gasteiger partial charge in [-0.25, -0.2) is 0 Å². The Balaban J connectivity index is 1.46. The number of aromatic nitrogens is 4. The van der Waals surface area contributed by atoms with Gasteiger partial charge in [0.25, 0.3) is 5.91 Å². The van der Waals surface area contributed by atoms with Crippen molar-refractivity contribution in [2.75, 3.05) is 20.6 Å². The summed E-state index contributed by atoms with van der Waals surface area (Å²) in [4.78, 5) is 18.2. The van der Waals surface area contributed by atoms with E-state index in [1.807, 2.05) is 42.5 Å². The molecule has 1 amide bonds. The van der Waals surface area contributed by atoms with Crippen LogP contribution < -0.4 is 5.32 Å². The molecule has 2 aromatic heterocycles. The molecule has 3 aromatic rings. The monoisotopic (exact) mass is 338 g/mol. The summed E-state index contributed by atoms with van der Waals surface area (Å²) in [6, 6.07) is 13.6. The largest absolute Gasteiger partial charge is 0.353 e. The number of benzene rings is 1. The van der Waals surface area contributed by atoms with Crippen LogP contribution in [0, 0.1) is 0 Å². The fraction of sp³-hybridized carbons (Fsp3) is 0.278. The van der Waals surface area contributed by atoms with Gasteiger partial charge in [-0.15, -0.1) is 0 Å². The van der Waals surface area contributed by atoms with E-state index in [0.717, 1.165) is 30.0 Å². The van der Waals surface area contributed by atoms with Crippen molar-refractivity contribution < 1.29 is 4.79 Å². The van der Waals surface area contributed by atoms with Gasteiger partial charge in [0.05, 0.1) is 17.6 Å². The molecule has 0 aliphatic carbocycles. The molecule has 0 unspecified atom stereocenters. The van der Waals surface area contributed by atoms with Crippen LogP contribution in [-0.4, -0.2) is 51.4 Å². The standard InChI is InChI=1S/C18H22N6O/c1-23(2)18(25)17-9-8-14(21-17)12-19-11-10-15-13-20-24(22-15)16-6-4-3-5-7-16/h3-9,13,19,21H,10-12H2,1-2H3. The minimum atomic E-state index is -0.0243. The topological polar surface area (TPSA) is 78.8 Å². The number of nitrogens with zero attached hydrogens (tertiary/aromatic N) is 4. The Morgan fingerprint density at radius 2 is 2.00 bits per heavy atom. The molecular formula is C18H22N6O. The number of hydrogen-bond acceptors (Lipinski definition) is 4. The van der Waals surface area contributed by atoms with Crippen LogP contribution >= 0.6 is 0 Å². The van der Waals surface area contributed by atoms with Gasteiger partial charge >= 0.3 is 0 Å². The zero-order valence-electron chi connectivity index (χ0n) is 14.4. The van der Waals surface area contributed by atoms with Gasteiger partial charge in [-0.2, -0.15) is 15.0 Å². The predicted octanol–water partition coefficient (Wildman–Crippen LogP) is 1.63. The third-order valence-corrected chi connectivity index (χ3v) is 3.78. The average molecular weight is 338 g/mol. The molecule has 0 bridgehead atoms. The van der Waals surface area contributed by atoms with Crippen molar-refractivity contribution in [3.8, 4) is 5.69 Å². The molecule has 2 heterocycles. The van der Waals surface area contributed by atoms with Gasteiger partial charge in [-0.3, -0.25) is 4.79 Å². The number of nitrogens with one attached hydrogen (secondary N) is 2. The Labute approximate surface area is 146 Å². The molecular weight excluding hydrogens is 316 g/mol. The first-order chi connectivity index (χ1) is 12.1. The maximum Gasteiger partial charge on any atom is 0.269 e. The Hall–Kier alpha value is -2.93. The van der Waals surface area contributed by atoms with Gasteiger partial charge in [-0.05, 0) is 24.3 Å². The van der Waals surface area contributed by atoms with Gasteiger partial charge in [0.1, 0.15) is 5.69 Å². The Morgan fingerprint density at radius 3 is 2.76 bits per heavy atom. The molecule has 7 heteroatoms. The normalized spacial score (nSPS) is 10.8. The molecule has 1 aromatic carbocycles. The van der Waals surface area contributed by atoms with Crippen molar-refractivity contribution in [3.05, 3.63) is 65.7 Å². The van der Waals surface area contributed by atoms with Crippen LogP contribution in [0.15, 0.2) is 48.7 Å².